The zero-order chi connectivity index (χ0) is 9.42. The SMILES string of the molecule is O=[N+]([O-])c1nn(CC2CO2)cc1Cl. The Kier molecular flexibility index (Phi) is 1.93. The van der Waals surface area contributed by atoms with Crippen molar-refractivity contribution >= 4 is 17.4 Å². The van der Waals surface area contributed by atoms with Gasteiger partial charge in [-0.1, -0.05) is 11.6 Å². The van der Waals surface area contributed by atoms with Crippen molar-refractivity contribution in [2.75, 3.05) is 6.61 Å². The molecule has 0 radical (unpaired) electrons. The number of hydrogen-bond acceptors (Lipinski definition) is 4. The third-order valence-electron chi connectivity index (χ3n) is 1.67. The molecule has 7 heteroatoms. The zero-order valence-corrected chi connectivity index (χ0v) is 7.27. The van der Waals surface area contributed by atoms with Gasteiger partial charge in [0.15, 0.2) is 5.02 Å². The summed E-state index contributed by atoms with van der Waals surface area (Å²) in [7, 11) is 0. The molecule has 1 fully saturated rings. The summed E-state index contributed by atoms with van der Waals surface area (Å²) in [6.45, 7) is 1.21. The molecule has 2 rings (SSSR count). The second-order valence-electron chi connectivity index (χ2n) is 2.74. The van der Waals surface area contributed by atoms with Gasteiger partial charge in [0.1, 0.15) is 6.10 Å². The Morgan fingerprint density at radius 1 is 1.92 bits per heavy atom. The number of nitro groups is 1. The molecule has 13 heavy (non-hydrogen) atoms. The third kappa shape index (κ3) is 1.78. The van der Waals surface area contributed by atoms with Gasteiger partial charge >= 0.3 is 5.82 Å². The molecule has 0 spiro atoms. The summed E-state index contributed by atoms with van der Waals surface area (Å²) in [6.07, 6.45) is 1.57. The summed E-state index contributed by atoms with van der Waals surface area (Å²) in [6, 6.07) is 0. The molecular weight excluding hydrogens is 198 g/mol. The largest absolute Gasteiger partial charge is 0.408 e. The fourth-order valence-electron chi connectivity index (χ4n) is 0.986. The van der Waals surface area contributed by atoms with E-state index in [1.807, 2.05) is 0 Å². The zero-order valence-electron chi connectivity index (χ0n) is 6.51. The van der Waals surface area contributed by atoms with Crippen molar-refractivity contribution in [3.63, 3.8) is 0 Å². The lowest BCUT2D eigenvalue weighted by Crippen LogP contribution is -2.04. The standard InChI is InChI=1S/C6H6ClN3O3/c7-5-2-9(1-4-3-13-4)8-6(5)10(11)12/h2,4H,1,3H2. The van der Waals surface area contributed by atoms with E-state index in [9.17, 15) is 10.1 Å². The van der Waals surface area contributed by atoms with Crippen LogP contribution in [0.2, 0.25) is 5.02 Å². The van der Waals surface area contributed by atoms with Gasteiger partial charge in [0.25, 0.3) is 0 Å². The molecule has 1 aromatic rings. The van der Waals surface area contributed by atoms with Gasteiger partial charge in [0.05, 0.1) is 24.4 Å². The van der Waals surface area contributed by atoms with Gasteiger partial charge in [-0.2, -0.15) is 4.68 Å². The van der Waals surface area contributed by atoms with E-state index < -0.39 is 4.92 Å². The predicted molar refractivity (Wildman–Crippen MR) is 43.6 cm³/mol. The number of aromatic nitrogens is 2. The number of rotatable bonds is 3. The van der Waals surface area contributed by atoms with Crippen LogP contribution in [0.25, 0.3) is 0 Å². The van der Waals surface area contributed by atoms with Crippen LogP contribution in [0, 0.1) is 10.1 Å². The molecule has 1 saturated heterocycles. The molecule has 0 amide bonds. The minimum atomic E-state index is -0.605. The van der Waals surface area contributed by atoms with Gasteiger partial charge in [-0.05, 0) is 4.92 Å². The molecule has 1 unspecified atom stereocenters. The van der Waals surface area contributed by atoms with E-state index in [4.69, 9.17) is 16.3 Å². The average molecular weight is 204 g/mol. The van der Waals surface area contributed by atoms with Crippen molar-refractivity contribution in [2.24, 2.45) is 0 Å². The summed E-state index contributed by atoms with van der Waals surface area (Å²) in [5.74, 6) is -0.303. The first-order chi connectivity index (χ1) is 6.16. The fraction of sp³-hybridized carbons (Fsp3) is 0.500. The molecule has 1 aromatic heterocycles. The van der Waals surface area contributed by atoms with E-state index in [2.05, 4.69) is 5.10 Å². The second-order valence-corrected chi connectivity index (χ2v) is 3.14. The van der Waals surface area contributed by atoms with Gasteiger partial charge in [-0.3, -0.25) is 0 Å². The van der Waals surface area contributed by atoms with Crippen LogP contribution >= 0.6 is 11.6 Å². The van der Waals surface area contributed by atoms with E-state index in [0.29, 0.717) is 13.2 Å². The highest BCUT2D eigenvalue weighted by Gasteiger charge is 2.27. The molecule has 0 aromatic carbocycles. The minimum absolute atomic E-state index is 0.0608. The number of halogens is 1. The van der Waals surface area contributed by atoms with E-state index in [0.717, 1.165) is 0 Å². The first-order valence-electron chi connectivity index (χ1n) is 3.66. The smallest absolute Gasteiger partial charge is 0.371 e. The number of nitrogens with zero attached hydrogens (tertiary/aromatic N) is 3. The molecule has 1 atom stereocenters. The van der Waals surface area contributed by atoms with Gasteiger partial charge in [-0.15, -0.1) is 0 Å². The Labute approximate surface area is 78.2 Å². The van der Waals surface area contributed by atoms with Crippen molar-refractivity contribution in [1.82, 2.24) is 9.78 Å². The molecule has 70 valence electrons. The van der Waals surface area contributed by atoms with E-state index in [-0.39, 0.29) is 16.9 Å². The lowest BCUT2D eigenvalue weighted by atomic mass is 10.5. The van der Waals surface area contributed by atoms with Crippen LogP contribution < -0.4 is 0 Å². The average Bonchev–Trinajstić information content (AvgIpc) is 2.75. The van der Waals surface area contributed by atoms with E-state index in [1.165, 1.54) is 10.9 Å². The Bertz CT molecular complexity index is 347. The maximum Gasteiger partial charge on any atom is 0.408 e. The van der Waals surface area contributed by atoms with Crippen LogP contribution in [0.1, 0.15) is 0 Å². The van der Waals surface area contributed by atoms with Crippen LogP contribution in [0.15, 0.2) is 6.20 Å². The van der Waals surface area contributed by atoms with Crippen LogP contribution in [0.4, 0.5) is 5.82 Å². The molecule has 0 bridgehead atoms. The molecule has 0 N–H and O–H groups in total. The van der Waals surface area contributed by atoms with Crippen LogP contribution in [-0.4, -0.2) is 27.4 Å². The molecular formula is C6H6ClN3O3. The van der Waals surface area contributed by atoms with Crippen molar-refractivity contribution in [3.05, 3.63) is 21.3 Å². The fourth-order valence-corrected chi connectivity index (χ4v) is 1.21. The summed E-state index contributed by atoms with van der Waals surface area (Å²) in [5, 5.41) is 14.1. The highest BCUT2D eigenvalue weighted by Crippen LogP contribution is 2.22. The van der Waals surface area contributed by atoms with Crippen LogP contribution in [-0.2, 0) is 11.3 Å². The molecule has 0 saturated carbocycles. The first kappa shape index (κ1) is 8.46. The third-order valence-corrected chi connectivity index (χ3v) is 1.93. The first-order valence-corrected chi connectivity index (χ1v) is 4.03. The highest BCUT2D eigenvalue weighted by molar-refractivity contribution is 6.32. The lowest BCUT2D eigenvalue weighted by molar-refractivity contribution is -0.389. The topological polar surface area (TPSA) is 73.5 Å². The van der Waals surface area contributed by atoms with Gasteiger partial charge in [-0.25, -0.2) is 0 Å². The van der Waals surface area contributed by atoms with Crippen molar-refractivity contribution in [1.29, 1.82) is 0 Å². The summed E-state index contributed by atoms with van der Waals surface area (Å²) < 4.78 is 6.38. The van der Waals surface area contributed by atoms with Crippen LogP contribution in [0.3, 0.4) is 0 Å². The molecule has 0 aliphatic carbocycles. The molecule has 6 nitrogen and oxygen atoms in total. The molecule has 2 heterocycles. The van der Waals surface area contributed by atoms with E-state index in [1.54, 1.807) is 0 Å². The molecule has 1 aliphatic rings. The lowest BCUT2D eigenvalue weighted by Gasteiger charge is -1.88. The van der Waals surface area contributed by atoms with Gasteiger partial charge in [0.2, 0.25) is 0 Å². The maximum absolute atomic E-state index is 10.4. The Hall–Kier alpha value is -1.14. The Morgan fingerprint density at radius 2 is 2.62 bits per heavy atom. The summed E-state index contributed by atoms with van der Waals surface area (Å²) >= 11 is 5.58. The highest BCUT2D eigenvalue weighted by atomic mass is 35.5. The van der Waals surface area contributed by atoms with Crippen molar-refractivity contribution in [3.8, 4) is 0 Å². The maximum atomic E-state index is 10.4. The number of hydrogen-bond donors (Lipinski definition) is 0. The monoisotopic (exact) mass is 203 g/mol. The van der Waals surface area contributed by atoms with Gasteiger partial charge < -0.3 is 14.9 Å². The molecule has 1 aliphatic heterocycles. The Balaban J connectivity index is 2.18. The van der Waals surface area contributed by atoms with E-state index >= 15 is 0 Å². The van der Waals surface area contributed by atoms with Crippen molar-refractivity contribution in [2.45, 2.75) is 12.6 Å². The van der Waals surface area contributed by atoms with Crippen LogP contribution in [0.5, 0.6) is 0 Å². The number of ether oxygens (including phenoxy) is 1. The predicted octanol–water partition coefficient (Wildman–Crippen LogP) is 0.843. The minimum Gasteiger partial charge on any atom is -0.371 e. The quantitative estimate of drug-likeness (QED) is 0.415. The normalized spacial score (nSPS) is 20.2. The van der Waals surface area contributed by atoms with Gasteiger partial charge in [0, 0.05) is 0 Å². The second kappa shape index (κ2) is 2.97. The summed E-state index contributed by atoms with van der Waals surface area (Å²) in [4.78, 5) is 9.75. The summed E-state index contributed by atoms with van der Waals surface area (Å²) in [5.41, 5.74) is 0. The number of epoxide rings is 1. The Morgan fingerprint density at radius 3 is 3.08 bits per heavy atom. The van der Waals surface area contributed by atoms with Crippen molar-refractivity contribution < 1.29 is 9.66 Å².